The van der Waals surface area contributed by atoms with Crippen LogP contribution < -0.4 is 0 Å². The Kier molecular flexibility index (Phi) is 3.48. The minimum absolute atomic E-state index is 0.114. The lowest BCUT2D eigenvalue weighted by atomic mass is 9.47. The van der Waals surface area contributed by atoms with Crippen molar-refractivity contribution in [2.24, 2.45) is 28.6 Å². The van der Waals surface area contributed by atoms with Gasteiger partial charge in [-0.05, 0) is 74.2 Å². The molecule has 0 aromatic rings. The monoisotopic (exact) mass is 316 g/mol. The number of hydrogen-bond acceptors (Lipinski definition) is 3. The van der Waals surface area contributed by atoms with E-state index in [0.29, 0.717) is 24.1 Å². The molecule has 0 heterocycles. The van der Waals surface area contributed by atoms with E-state index in [9.17, 15) is 9.59 Å². The molecule has 0 aliphatic heterocycles. The number of ether oxygens (including phenoxy) is 1. The Labute approximate surface area is 138 Å². The molecule has 4 aliphatic rings. The highest BCUT2D eigenvalue weighted by molar-refractivity contribution is 5.91. The average Bonchev–Trinajstić information content (AvgIpc) is 2.85. The van der Waals surface area contributed by atoms with Crippen molar-refractivity contribution in [1.82, 2.24) is 0 Å². The first-order valence-corrected chi connectivity index (χ1v) is 9.32. The molecule has 23 heavy (non-hydrogen) atoms. The van der Waals surface area contributed by atoms with Gasteiger partial charge in [-0.1, -0.05) is 19.4 Å². The summed E-state index contributed by atoms with van der Waals surface area (Å²) in [5.74, 6) is 2.46. The fourth-order valence-electron chi connectivity index (χ4n) is 6.80. The number of rotatable bonds is 2. The molecule has 3 unspecified atom stereocenters. The van der Waals surface area contributed by atoms with Crippen molar-refractivity contribution in [3.05, 3.63) is 11.6 Å². The van der Waals surface area contributed by atoms with Gasteiger partial charge < -0.3 is 4.74 Å². The summed E-state index contributed by atoms with van der Waals surface area (Å²) >= 11 is 0. The van der Waals surface area contributed by atoms with Crippen molar-refractivity contribution in [3.63, 3.8) is 0 Å². The molecule has 0 aromatic heterocycles. The van der Waals surface area contributed by atoms with Gasteiger partial charge in [0.1, 0.15) is 6.10 Å². The summed E-state index contributed by atoms with van der Waals surface area (Å²) in [6, 6.07) is 0. The Morgan fingerprint density at radius 2 is 1.91 bits per heavy atom. The molecule has 126 valence electrons. The Balaban J connectivity index is 1.64. The Hall–Kier alpha value is -1.12. The van der Waals surface area contributed by atoms with E-state index in [1.807, 2.05) is 6.08 Å². The molecule has 0 bridgehead atoms. The van der Waals surface area contributed by atoms with Crippen LogP contribution in [0.5, 0.6) is 0 Å². The highest BCUT2D eigenvalue weighted by Crippen LogP contribution is 2.65. The van der Waals surface area contributed by atoms with E-state index in [1.54, 1.807) is 0 Å². The van der Waals surface area contributed by atoms with Crippen LogP contribution in [0.4, 0.5) is 0 Å². The van der Waals surface area contributed by atoms with Crippen LogP contribution in [0, 0.1) is 28.6 Å². The zero-order chi connectivity index (χ0) is 16.2. The summed E-state index contributed by atoms with van der Waals surface area (Å²) in [5, 5.41) is 0. The maximum absolute atomic E-state index is 11.8. The summed E-state index contributed by atoms with van der Waals surface area (Å²) in [5.41, 5.74) is 1.84. The molecule has 3 nitrogen and oxygen atoms in total. The minimum atomic E-state index is 0.114. The smallest absolute Gasteiger partial charge is 0.293 e. The van der Waals surface area contributed by atoms with Gasteiger partial charge in [0.05, 0.1) is 0 Å². The second-order valence-electron chi connectivity index (χ2n) is 8.81. The van der Waals surface area contributed by atoms with E-state index in [-0.39, 0.29) is 16.9 Å². The maximum atomic E-state index is 11.8. The van der Waals surface area contributed by atoms with E-state index in [1.165, 1.54) is 24.8 Å². The molecule has 3 saturated carbocycles. The number of carbonyl (C=O) groups is 2. The molecule has 0 radical (unpaired) electrons. The predicted octanol–water partition coefficient (Wildman–Crippen LogP) is 4.06. The predicted molar refractivity (Wildman–Crippen MR) is 87.6 cm³/mol. The molecule has 0 N–H and O–H groups in total. The fourth-order valence-corrected chi connectivity index (χ4v) is 6.80. The van der Waals surface area contributed by atoms with E-state index in [0.717, 1.165) is 38.0 Å². The minimum Gasteiger partial charge on any atom is -0.464 e. The van der Waals surface area contributed by atoms with Crippen LogP contribution in [-0.2, 0) is 14.3 Å². The highest BCUT2D eigenvalue weighted by Gasteiger charge is 2.59. The van der Waals surface area contributed by atoms with Gasteiger partial charge in [0, 0.05) is 11.8 Å². The zero-order valence-electron chi connectivity index (χ0n) is 14.3. The van der Waals surface area contributed by atoms with Crippen LogP contribution in [0.3, 0.4) is 0 Å². The molecule has 3 heteroatoms. The van der Waals surface area contributed by atoms with Gasteiger partial charge in [0.25, 0.3) is 6.47 Å². The van der Waals surface area contributed by atoms with Crippen LogP contribution in [-0.4, -0.2) is 18.4 Å². The van der Waals surface area contributed by atoms with Gasteiger partial charge in [-0.3, -0.25) is 9.59 Å². The third-order valence-electron chi connectivity index (χ3n) is 8.09. The second-order valence-corrected chi connectivity index (χ2v) is 8.81. The molecule has 6 atom stereocenters. The van der Waals surface area contributed by atoms with Gasteiger partial charge in [-0.15, -0.1) is 0 Å². The van der Waals surface area contributed by atoms with Crippen LogP contribution in [0.1, 0.15) is 65.2 Å². The normalized spacial score (nSPS) is 48.8. The average molecular weight is 316 g/mol. The molecule has 0 aromatic carbocycles. The Bertz CT molecular complexity index is 565. The number of carbonyl (C=O) groups excluding carboxylic acids is 2. The molecule has 0 amide bonds. The standard InChI is InChI=1S/C20H28O3/c1-19-9-7-14(22)11-13(19)3-4-15-16-5-6-18(23-12-21)20(16,2)10-8-17(15)19/h11-12,15-18H,3-10H2,1-2H3/t15?,16-,17-,18-,19?,20?/m0/s1. The van der Waals surface area contributed by atoms with Crippen molar-refractivity contribution >= 4 is 12.3 Å². The maximum Gasteiger partial charge on any atom is 0.293 e. The van der Waals surface area contributed by atoms with E-state index in [2.05, 4.69) is 13.8 Å². The summed E-state index contributed by atoms with van der Waals surface area (Å²) in [6.07, 6.45) is 10.8. The largest absolute Gasteiger partial charge is 0.464 e. The number of ketones is 1. The van der Waals surface area contributed by atoms with Crippen LogP contribution >= 0.6 is 0 Å². The van der Waals surface area contributed by atoms with E-state index in [4.69, 9.17) is 4.74 Å². The molecular weight excluding hydrogens is 288 g/mol. The van der Waals surface area contributed by atoms with Gasteiger partial charge in [0.2, 0.25) is 0 Å². The van der Waals surface area contributed by atoms with Gasteiger partial charge in [0.15, 0.2) is 5.78 Å². The van der Waals surface area contributed by atoms with Gasteiger partial charge in [-0.25, -0.2) is 0 Å². The summed E-state index contributed by atoms with van der Waals surface area (Å²) in [4.78, 5) is 22.7. The van der Waals surface area contributed by atoms with E-state index < -0.39 is 0 Å². The fraction of sp³-hybridized carbons (Fsp3) is 0.800. The van der Waals surface area contributed by atoms with Crippen molar-refractivity contribution in [2.75, 3.05) is 0 Å². The topological polar surface area (TPSA) is 43.4 Å². The van der Waals surface area contributed by atoms with Crippen molar-refractivity contribution in [1.29, 1.82) is 0 Å². The first-order valence-electron chi connectivity index (χ1n) is 9.32. The van der Waals surface area contributed by atoms with Crippen molar-refractivity contribution in [3.8, 4) is 0 Å². The Morgan fingerprint density at radius 3 is 2.70 bits per heavy atom. The quantitative estimate of drug-likeness (QED) is 0.722. The first kappa shape index (κ1) is 15.4. The highest BCUT2D eigenvalue weighted by atomic mass is 16.5. The number of fused-ring (bicyclic) bond motifs is 5. The molecule has 0 spiro atoms. The van der Waals surface area contributed by atoms with Crippen LogP contribution in [0.15, 0.2) is 11.6 Å². The number of hydrogen-bond donors (Lipinski definition) is 0. The lowest BCUT2D eigenvalue weighted by molar-refractivity contribution is -0.144. The zero-order valence-corrected chi connectivity index (χ0v) is 14.3. The molecule has 3 fully saturated rings. The Morgan fingerprint density at radius 1 is 1.09 bits per heavy atom. The lowest BCUT2D eigenvalue weighted by Gasteiger charge is -2.57. The molecular formula is C20H28O3. The molecule has 4 aliphatic carbocycles. The first-order chi connectivity index (χ1) is 11.0. The summed E-state index contributed by atoms with van der Waals surface area (Å²) < 4.78 is 5.46. The van der Waals surface area contributed by atoms with Gasteiger partial charge in [-0.2, -0.15) is 0 Å². The third-order valence-corrected chi connectivity index (χ3v) is 8.09. The lowest BCUT2D eigenvalue weighted by Crippen LogP contribution is -2.51. The van der Waals surface area contributed by atoms with Crippen molar-refractivity contribution in [2.45, 2.75) is 71.3 Å². The molecule has 0 saturated heterocycles. The summed E-state index contributed by atoms with van der Waals surface area (Å²) in [6.45, 7) is 5.42. The SMILES string of the molecule is CC12CCC(=O)C=C1CCC1[C@@H]2CCC2(C)[C@@H](OC=O)CC[C@@H]12. The summed E-state index contributed by atoms with van der Waals surface area (Å²) in [7, 11) is 0. The second kappa shape index (κ2) is 5.19. The van der Waals surface area contributed by atoms with Gasteiger partial charge >= 0.3 is 0 Å². The number of allylic oxidation sites excluding steroid dienone is 1. The molecule has 4 rings (SSSR count). The third kappa shape index (κ3) is 2.08. The van der Waals surface area contributed by atoms with Crippen molar-refractivity contribution < 1.29 is 14.3 Å². The van der Waals surface area contributed by atoms with Crippen LogP contribution in [0.2, 0.25) is 0 Å². The van der Waals surface area contributed by atoms with Crippen LogP contribution in [0.25, 0.3) is 0 Å². The van der Waals surface area contributed by atoms with E-state index >= 15 is 0 Å².